The number of anilines is 1. The fraction of sp³-hybridized carbons (Fsp3) is 0.368. The predicted molar refractivity (Wildman–Crippen MR) is 105 cm³/mol. The Morgan fingerprint density at radius 2 is 2.00 bits per heavy atom. The Bertz CT molecular complexity index is 1160. The Hall–Kier alpha value is -2.92. The van der Waals surface area contributed by atoms with E-state index in [0.29, 0.717) is 43.1 Å². The Morgan fingerprint density at radius 1 is 1.19 bits per heavy atom. The van der Waals surface area contributed by atoms with Crippen molar-refractivity contribution in [2.45, 2.75) is 12.2 Å². The number of halogens is 4. The first-order chi connectivity index (χ1) is 14.8. The Kier molecular flexibility index (Phi) is 4.74. The maximum atomic E-state index is 13.1. The molecule has 3 aromatic rings. The number of benzene rings is 1. The maximum Gasteiger partial charge on any atom is 0.416 e. The molecule has 0 atom stereocenters. The molecule has 8 nitrogen and oxygen atoms in total. The van der Waals surface area contributed by atoms with Crippen molar-refractivity contribution in [1.29, 1.82) is 0 Å². The van der Waals surface area contributed by atoms with Crippen LogP contribution in [-0.4, -0.2) is 69.4 Å². The SMILES string of the molecule is O=C1COCCN1C1CN(c2nc(Cl)nc3c2cnn3-c2cccc(C(F)(F)F)c2)C1. The third-order valence-electron chi connectivity index (χ3n) is 5.42. The molecule has 2 aliphatic rings. The average molecular weight is 453 g/mol. The Labute approximate surface area is 179 Å². The van der Waals surface area contributed by atoms with E-state index in [1.807, 2.05) is 4.90 Å². The van der Waals surface area contributed by atoms with Crippen LogP contribution in [0.4, 0.5) is 19.0 Å². The van der Waals surface area contributed by atoms with Crippen LogP contribution in [0.1, 0.15) is 5.56 Å². The molecule has 1 aromatic carbocycles. The summed E-state index contributed by atoms with van der Waals surface area (Å²) in [7, 11) is 0. The van der Waals surface area contributed by atoms with E-state index < -0.39 is 11.7 Å². The van der Waals surface area contributed by atoms with E-state index in [0.717, 1.165) is 12.1 Å². The van der Waals surface area contributed by atoms with Crippen molar-refractivity contribution in [3.63, 3.8) is 0 Å². The molecule has 162 valence electrons. The lowest BCUT2D eigenvalue weighted by molar-refractivity contribution is -0.146. The lowest BCUT2D eigenvalue weighted by Gasteiger charge is -2.47. The number of hydrogen-bond donors (Lipinski definition) is 0. The fourth-order valence-electron chi connectivity index (χ4n) is 3.85. The second-order valence-electron chi connectivity index (χ2n) is 7.36. The molecule has 0 aliphatic carbocycles. The number of hydrogen-bond acceptors (Lipinski definition) is 6. The molecular weight excluding hydrogens is 437 g/mol. The quantitative estimate of drug-likeness (QED) is 0.568. The fourth-order valence-corrected chi connectivity index (χ4v) is 4.01. The zero-order chi connectivity index (χ0) is 21.8. The van der Waals surface area contributed by atoms with Crippen molar-refractivity contribution in [2.75, 3.05) is 37.7 Å². The number of aromatic nitrogens is 4. The maximum absolute atomic E-state index is 13.1. The zero-order valence-electron chi connectivity index (χ0n) is 16.0. The molecule has 0 N–H and O–H groups in total. The highest BCUT2D eigenvalue weighted by molar-refractivity contribution is 6.28. The molecule has 0 unspecified atom stereocenters. The minimum absolute atomic E-state index is 0.0397. The van der Waals surface area contributed by atoms with Gasteiger partial charge in [-0.2, -0.15) is 28.2 Å². The van der Waals surface area contributed by atoms with Gasteiger partial charge in [0.05, 0.1) is 35.5 Å². The first kappa shape index (κ1) is 20.0. The zero-order valence-corrected chi connectivity index (χ0v) is 16.8. The summed E-state index contributed by atoms with van der Waals surface area (Å²) in [5.41, 5.74) is -0.263. The van der Waals surface area contributed by atoms with Gasteiger partial charge in [-0.25, -0.2) is 4.68 Å². The highest BCUT2D eigenvalue weighted by Gasteiger charge is 2.37. The summed E-state index contributed by atoms with van der Waals surface area (Å²) in [4.78, 5) is 24.3. The van der Waals surface area contributed by atoms with E-state index in [9.17, 15) is 18.0 Å². The number of morpholine rings is 1. The molecule has 1 amide bonds. The number of ether oxygens (including phenoxy) is 1. The van der Waals surface area contributed by atoms with Crippen LogP contribution in [0.3, 0.4) is 0 Å². The van der Waals surface area contributed by atoms with E-state index >= 15 is 0 Å². The normalized spacial score (nSPS) is 18.0. The first-order valence-corrected chi connectivity index (χ1v) is 9.90. The summed E-state index contributed by atoms with van der Waals surface area (Å²) >= 11 is 6.13. The van der Waals surface area contributed by atoms with E-state index in [2.05, 4.69) is 15.1 Å². The third-order valence-corrected chi connectivity index (χ3v) is 5.59. The highest BCUT2D eigenvalue weighted by Crippen LogP contribution is 2.33. The Balaban J connectivity index is 1.46. The van der Waals surface area contributed by atoms with Crippen LogP contribution in [0.5, 0.6) is 0 Å². The van der Waals surface area contributed by atoms with Gasteiger partial charge in [0.15, 0.2) is 5.65 Å². The van der Waals surface area contributed by atoms with Crippen molar-refractivity contribution in [3.05, 3.63) is 41.3 Å². The molecule has 2 saturated heterocycles. The van der Waals surface area contributed by atoms with Gasteiger partial charge in [-0.05, 0) is 29.8 Å². The van der Waals surface area contributed by atoms with Crippen molar-refractivity contribution in [2.24, 2.45) is 0 Å². The van der Waals surface area contributed by atoms with Gasteiger partial charge in [0, 0.05) is 19.6 Å². The van der Waals surface area contributed by atoms with Gasteiger partial charge >= 0.3 is 6.18 Å². The van der Waals surface area contributed by atoms with Crippen LogP contribution < -0.4 is 4.90 Å². The summed E-state index contributed by atoms with van der Waals surface area (Å²) in [6, 6.07) is 4.87. The molecule has 2 fully saturated rings. The third kappa shape index (κ3) is 3.57. The molecule has 0 spiro atoms. The number of fused-ring (bicyclic) bond motifs is 1. The molecule has 31 heavy (non-hydrogen) atoms. The van der Waals surface area contributed by atoms with Crippen molar-refractivity contribution >= 4 is 34.4 Å². The topological polar surface area (TPSA) is 76.4 Å². The van der Waals surface area contributed by atoms with Crippen molar-refractivity contribution in [1.82, 2.24) is 24.6 Å². The van der Waals surface area contributed by atoms with Crippen LogP contribution >= 0.6 is 11.6 Å². The van der Waals surface area contributed by atoms with Gasteiger partial charge in [-0.1, -0.05) is 6.07 Å². The lowest BCUT2D eigenvalue weighted by Crippen LogP contribution is -2.63. The summed E-state index contributed by atoms with van der Waals surface area (Å²) in [5, 5.41) is 4.76. The number of amides is 1. The number of rotatable bonds is 3. The van der Waals surface area contributed by atoms with Gasteiger partial charge < -0.3 is 14.5 Å². The molecular formula is C19H16ClF3N6O2. The number of carbonyl (C=O) groups is 1. The van der Waals surface area contributed by atoms with Gasteiger partial charge in [0.1, 0.15) is 12.4 Å². The molecule has 0 saturated carbocycles. The van der Waals surface area contributed by atoms with Crippen molar-refractivity contribution < 1.29 is 22.7 Å². The smallest absolute Gasteiger partial charge is 0.370 e. The molecule has 2 aliphatic heterocycles. The van der Waals surface area contributed by atoms with Gasteiger partial charge in [-0.15, -0.1) is 0 Å². The minimum Gasteiger partial charge on any atom is -0.370 e. The lowest BCUT2D eigenvalue weighted by atomic mass is 10.1. The second kappa shape index (κ2) is 7.34. The molecule has 5 rings (SSSR count). The summed E-state index contributed by atoms with van der Waals surface area (Å²) in [6.45, 7) is 2.26. The van der Waals surface area contributed by atoms with E-state index in [1.54, 1.807) is 4.90 Å². The van der Waals surface area contributed by atoms with Gasteiger partial charge in [0.25, 0.3) is 0 Å². The molecule has 0 bridgehead atoms. The monoisotopic (exact) mass is 452 g/mol. The van der Waals surface area contributed by atoms with Crippen LogP contribution in [-0.2, 0) is 15.7 Å². The Morgan fingerprint density at radius 3 is 2.74 bits per heavy atom. The van der Waals surface area contributed by atoms with Crippen LogP contribution in [0.2, 0.25) is 5.28 Å². The molecule has 4 heterocycles. The van der Waals surface area contributed by atoms with Crippen molar-refractivity contribution in [3.8, 4) is 5.69 Å². The standard InChI is InChI=1S/C19H16ClF3N6O2/c20-18-25-16(27-8-13(9-27)28-4-5-31-10-15(28)30)14-7-24-29(17(14)26-18)12-3-1-2-11(6-12)19(21,22)23/h1-3,6-7,13H,4-5,8-10H2. The summed E-state index contributed by atoms with van der Waals surface area (Å²) in [5.74, 6) is 0.490. The summed E-state index contributed by atoms with van der Waals surface area (Å²) in [6.07, 6.45) is -2.96. The van der Waals surface area contributed by atoms with Crippen LogP contribution in [0.15, 0.2) is 30.5 Å². The molecule has 2 aromatic heterocycles. The average Bonchev–Trinajstić information content (AvgIpc) is 3.11. The number of carbonyl (C=O) groups excluding carboxylic acids is 1. The number of alkyl halides is 3. The molecule has 12 heteroatoms. The molecule has 0 radical (unpaired) electrons. The van der Waals surface area contributed by atoms with Crippen LogP contribution in [0, 0.1) is 0 Å². The second-order valence-corrected chi connectivity index (χ2v) is 7.69. The van der Waals surface area contributed by atoms with E-state index in [4.69, 9.17) is 16.3 Å². The predicted octanol–water partition coefficient (Wildman–Crippen LogP) is 2.54. The van der Waals surface area contributed by atoms with E-state index in [1.165, 1.54) is 23.0 Å². The van der Waals surface area contributed by atoms with E-state index in [-0.39, 0.29) is 29.5 Å². The summed E-state index contributed by atoms with van der Waals surface area (Å²) < 4.78 is 45.8. The van der Waals surface area contributed by atoms with Gasteiger partial charge in [-0.3, -0.25) is 4.79 Å². The largest absolute Gasteiger partial charge is 0.416 e. The minimum atomic E-state index is -4.47. The number of nitrogens with zero attached hydrogens (tertiary/aromatic N) is 6. The van der Waals surface area contributed by atoms with Gasteiger partial charge in [0.2, 0.25) is 11.2 Å². The highest BCUT2D eigenvalue weighted by atomic mass is 35.5. The van der Waals surface area contributed by atoms with Crippen LogP contribution in [0.25, 0.3) is 16.7 Å². The first-order valence-electron chi connectivity index (χ1n) is 9.52.